The molecule has 25 heavy (non-hydrogen) atoms. The smallest absolute Gasteiger partial charge is 0.342 e. The van der Waals surface area contributed by atoms with Crippen LogP contribution in [0.5, 0.6) is 0 Å². The molecule has 1 aliphatic carbocycles. The summed E-state index contributed by atoms with van der Waals surface area (Å²) in [7, 11) is 0. The van der Waals surface area contributed by atoms with E-state index in [4.69, 9.17) is 21.1 Å². The number of alkyl halides is 1. The number of carbonyl (C=O) groups is 2. The van der Waals surface area contributed by atoms with Crippen molar-refractivity contribution in [3.8, 4) is 0 Å². The quantitative estimate of drug-likeness (QED) is 0.305. The standard InChI is InChI=1S/C19H25ClO4S/c1-2-23-19(22)17-15(10-12-5-3-6-13(20)9-12)25-16(18(17)21)11-14-7-4-8-24-14/h11-14H,2-10H2,1H3/b16-11-. The number of ether oxygens (including phenoxy) is 2. The molecule has 1 saturated heterocycles. The van der Waals surface area contributed by atoms with Gasteiger partial charge in [0.05, 0.1) is 17.6 Å². The summed E-state index contributed by atoms with van der Waals surface area (Å²) in [6, 6.07) is 0. The zero-order valence-electron chi connectivity index (χ0n) is 14.6. The molecule has 0 radical (unpaired) electrons. The maximum atomic E-state index is 12.8. The van der Waals surface area contributed by atoms with Gasteiger partial charge in [-0.3, -0.25) is 4.79 Å². The van der Waals surface area contributed by atoms with E-state index in [1.807, 2.05) is 6.08 Å². The number of ketones is 1. The van der Waals surface area contributed by atoms with Gasteiger partial charge in [0.25, 0.3) is 0 Å². The summed E-state index contributed by atoms with van der Waals surface area (Å²) in [5.74, 6) is -0.269. The number of esters is 1. The number of rotatable bonds is 5. The van der Waals surface area contributed by atoms with Crippen LogP contribution in [0.1, 0.15) is 51.9 Å². The third-order valence-electron chi connectivity index (χ3n) is 4.94. The zero-order chi connectivity index (χ0) is 17.8. The topological polar surface area (TPSA) is 52.6 Å². The van der Waals surface area contributed by atoms with Crippen molar-refractivity contribution in [2.75, 3.05) is 13.2 Å². The van der Waals surface area contributed by atoms with Gasteiger partial charge in [0, 0.05) is 16.9 Å². The Morgan fingerprint density at radius 3 is 2.88 bits per heavy atom. The lowest BCUT2D eigenvalue weighted by Crippen LogP contribution is -2.18. The highest BCUT2D eigenvalue weighted by Gasteiger charge is 2.37. The van der Waals surface area contributed by atoms with E-state index in [2.05, 4.69) is 0 Å². The summed E-state index contributed by atoms with van der Waals surface area (Å²) in [5.41, 5.74) is 0.229. The van der Waals surface area contributed by atoms with Gasteiger partial charge in [0.1, 0.15) is 5.57 Å². The molecule has 3 atom stereocenters. The third-order valence-corrected chi connectivity index (χ3v) is 6.49. The summed E-state index contributed by atoms with van der Waals surface area (Å²) >= 11 is 7.74. The highest BCUT2D eigenvalue weighted by Crippen LogP contribution is 2.45. The summed E-state index contributed by atoms with van der Waals surface area (Å²) in [6.07, 6.45) is 8.75. The summed E-state index contributed by atoms with van der Waals surface area (Å²) in [6.45, 7) is 2.76. The van der Waals surface area contributed by atoms with Crippen LogP contribution in [0.15, 0.2) is 21.5 Å². The Hall–Kier alpha value is -0.780. The van der Waals surface area contributed by atoms with Crippen LogP contribution in [0.3, 0.4) is 0 Å². The van der Waals surface area contributed by atoms with Crippen molar-refractivity contribution in [2.45, 2.75) is 63.4 Å². The zero-order valence-corrected chi connectivity index (χ0v) is 16.2. The van der Waals surface area contributed by atoms with Gasteiger partial charge >= 0.3 is 5.97 Å². The molecule has 3 aliphatic rings. The highest BCUT2D eigenvalue weighted by molar-refractivity contribution is 8.08. The second kappa shape index (κ2) is 8.74. The molecule has 0 N–H and O–H groups in total. The van der Waals surface area contributed by atoms with Crippen LogP contribution in [0.2, 0.25) is 0 Å². The van der Waals surface area contributed by atoms with Gasteiger partial charge in [0.2, 0.25) is 5.78 Å². The van der Waals surface area contributed by atoms with Gasteiger partial charge in [0.15, 0.2) is 0 Å². The number of hydrogen-bond acceptors (Lipinski definition) is 5. The van der Waals surface area contributed by atoms with Crippen LogP contribution in [0.25, 0.3) is 0 Å². The summed E-state index contributed by atoms with van der Waals surface area (Å²) < 4.78 is 10.8. The van der Waals surface area contributed by atoms with Gasteiger partial charge in [-0.1, -0.05) is 24.6 Å². The molecule has 138 valence electrons. The van der Waals surface area contributed by atoms with E-state index in [1.165, 1.54) is 11.8 Å². The van der Waals surface area contributed by atoms with Crippen molar-refractivity contribution in [3.63, 3.8) is 0 Å². The molecule has 2 fully saturated rings. The predicted molar refractivity (Wildman–Crippen MR) is 99.5 cm³/mol. The van der Waals surface area contributed by atoms with Gasteiger partial charge in [-0.15, -0.1) is 11.6 Å². The van der Waals surface area contributed by atoms with Crippen molar-refractivity contribution < 1.29 is 19.1 Å². The minimum atomic E-state index is -0.496. The first-order valence-electron chi connectivity index (χ1n) is 9.18. The van der Waals surface area contributed by atoms with Crippen molar-refractivity contribution in [1.29, 1.82) is 0 Å². The van der Waals surface area contributed by atoms with E-state index in [-0.39, 0.29) is 29.4 Å². The molecule has 0 spiro atoms. The summed E-state index contributed by atoms with van der Waals surface area (Å²) in [5, 5.41) is 0.203. The van der Waals surface area contributed by atoms with Crippen molar-refractivity contribution in [1.82, 2.24) is 0 Å². The number of carbonyl (C=O) groups excluding carboxylic acids is 2. The maximum Gasteiger partial charge on any atom is 0.342 e. The fraction of sp³-hybridized carbons (Fsp3) is 0.684. The largest absolute Gasteiger partial charge is 0.462 e. The summed E-state index contributed by atoms with van der Waals surface area (Å²) in [4.78, 5) is 26.6. The van der Waals surface area contributed by atoms with Crippen LogP contribution in [0, 0.1) is 5.92 Å². The SMILES string of the molecule is CCOC(=O)C1=C(CC2CCCC(Cl)C2)S/C(=C\C2CCCO2)C1=O. The number of allylic oxidation sites excluding steroid dienone is 2. The van der Waals surface area contributed by atoms with Crippen molar-refractivity contribution in [2.24, 2.45) is 5.92 Å². The van der Waals surface area contributed by atoms with Gasteiger partial charge in [-0.05, 0) is 51.0 Å². The molecular formula is C19H25ClO4S. The lowest BCUT2D eigenvalue weighted by molar-refractivity contribution is -0.139. The van der Waals surface area contributed by atoms with Gasteiger partial charge in [-0.2, -0.15) is 0 Å². The van der Waals surface area contributed by atoms with Crippen LogP contribution >= 0.6 is 23.4 Å². The van der Waals surface area contributed by atoms with Crippen molar-refractivity contribution >= 4 is 35.1 Å². The first kappa shape index (κ1) is 19.0. The van der Waals surface area contributed by atoms with Gasteiger partial charge in [-0.25, -0.2) is 4.79 Å². The third kappa shape index (κ3) is 4.69. The van der Waals surface area contributed by atoms with E-state index in [0.29, 0.717) is 10.8 Å². The molecule has 0 aromatic carbocycles. The second-order valence-corrected chi connectivity index (χ2v) is 8.62. The van der Waals surface area contributed by atoms with Crippen LogP contribution in [-0.4, -0.2) is 36.4 Å². The van der Waals surface area contributed by atoms with E-state index in [0.717, 1.165) is 56.5 Å². The number of hydrogen-bond donors (Lipinski definition) is 0. The molecule has 0 amide bonds. The fourth-order valence-electron chi connectivity index (χ4n) is 3.72. The Balaban J connectivity index is 1.78. The van der Waals surface area contributed by atoms with Crippen molar-refractivity contribution in [3.05, 3.63) is 21.5 Å². The normalized spacial score (nSPS) is 31.8. The Labute approximate surface area is 158 Å². The van der Waals surface area contributed by atoms with Crippen LogP contribution < -0.4 is 0 Å². The molecule has 3 unspecified atom stereocenters. The maximum absolute atomic E-state index is 12.8. The van der Waals surface area contributed by atoms with Gasteiger partial charge < -0.3 is 9.47 Å². The molecule has 4 nitrogen and oxygen atoms in total. The van der Waals surface area contributed by atoms with Crippen LogP contribution in [-0.2, 0) is 19.1 Å². The van der Waals surface area contributed by atoms with Crippen LogP contribution in [0.4, 0.5) is 0 Å². The first-order valence-corrected chi connectivity index (χ1v) is 10.4. The molecule has 3 rings (SSSR count). The Morgan fingerprint density at radius 2 is 2.20 bits per heavy atom. The van der Waals surface area contributed by atoms with E-state index in [9.17, 15) is 9.59 Å². The molecule has 6 heteroatoms. The minimum Gasteiger partial charge on any atom is -0.462 e. The average Bonchev–Trinajstić information content (AvgIpc) is 3.17. The van der Waals surface area contributed by atoms with E-state index < -0.39 is 5.97 Å². The monoisotopic (exact) mass is 384 g/mol. The molecular weight excluding hydrogens is 360 g/mol. The molecule has 0 bridgehead atoms. The highest BCUT2D eigenvalue weighted by atomic mass is 35.5. The minimum absolute atomic E-state index is 0.0175. The fourth-order valence-corrected chi connectivity index (χ4v) is 5.40. The molecule has 1 saturated carbocycles. The molecule has 0 aromatic rings. The average molecular weight is 385 g/mol. The van der Waals surface area contributed by atoms with E-state index in [1.54, 1.807) is 6.92 Å². The predicted octanol–water partition coefficient (Wildman–Crippen LogP) is 4.37. The van der Waals surface area contributed by atoms with E-state index >= 15 is 0 Å². The Kier molecular flexibility index (Phi) is 6.64. The second-order valence-electron chi connectivity index (χ2n) is 6.87. The molecule has 2 heterocycles. The Morgan fingerprint density at radius 1 is 1.36 bits per heavy atom. The lowest BCUT2D eigenvalue weighted by atomic mass is 9.86. The molecule has 2 aliphatic heterocycles. The lowest BCUT2D eigenvalue weighted by Gasteiger charge is -2.25. The number of Topliss-reactive ketones (excluding diaryl/α,β-unsaturated/α-hetero) is 1. The first-order chi connectivity index (χ1) is 12.1. The molecule has 0 aromatic heterocycles. The number of thioether (sulfide) groups is 1. The number of halogens is 1. The Bertz CT molecular complexity index is 592.